The third kappa shape index (κ3) is 41.2. The fourth-order valence-corrected chi connectivity index (χ4v) is 7.71. The lowest BCUT2D eigenvalue weighted by atomic mass is 10.0. The van der Waals surface area contributed by atoms with Gasteiger partial charge in [-0.15, -0.1) is 0 Å². The summed E-state index contributed by atoms with van der Waals surface area (Å²) < 4.78 is 17.2. The van der Waals surface area contributed by atoms with Crippen molar-refractivity contribution in [2.45, 2.75) is 257 Å². The van der Waals surface area contributed by atoms with E-state index in [1.54, 1.807) is 0 Å². The number of ether oxygens (including phenoxy) is 3. The molecule has 0 amide bonds. The van der Waals surface area contributed by atoms with E-state index in [4.69, 9.17) is 14.2 Å². The first-order valence-corrected chi connectivity index (χ1v) is 25.2. The third-order valence-electron chi connectivity index (χ3n) is 11.7. The Morgan fingerprint density at radius 1 is 0.492 bits per heavy atom. The number of unbranched alkanes of at least 4 members (excludes halogenated alkanes) is 30. The number of quaternary nitrogens is 1. The highest BCUT2D eigenvalue weighted by molar-refractivity contribution is 5.70. The van der Waals surface area contributed by atoms with Crippen molar-refractivity contribution in [3.63, 3.8) is 0 Å². The predicted octanol–water partition coefficient (Wildman–Crippen LogP) is 12.9. The average molecular weight is 836 g/mol. The molecule has 0 aromatic rings. The molecule has 0 N–H and O–H groups in total. The maximum atomic E-state index is 12.8. The number of likely N-dealkylation sites (N-methyl/N-ethyl adjacent to an activating group) is 1. The molecule has 2 unspecified atom stereocenters. The van der Waals surface area contributed by atoms with E-state index in [2.05, 4.69) is 26.0 Å². The first-order valence-electron chi connectivity index (χ1n) is 25.2. The Bertz CT molecular complexity index is 978. The van der Waals surface area contributed by atoms with Crippen LogP contribution in [0.2, 0.25) is 0 Å². The topological polar surface area (TPSA) is 102 Å². The number of nitrogens with zero attached hydrogens (tertiary/aromatic N) is 1. The minimum atomic E-state index is -1.12. The van der Waals surface area contributed by atoms with Crippen molar-refractivity contribution < 1.29 is 38.2 Å². The lowest BCUT2D eigenvalue weighted by Gasteiger charge is -2.34. The van der Waals surface area contributed by atoms with Crippen LogP contribution in [0.5, 0.6) is 0 Å². The Hall–Kier alpha value is -1.93. The van der Waals surface area contributed by atoms with Gasteiger partial charge in [0.25, 0.3) is 0 Å². The van der Waals surface area contributed by atoms with E-state index in [9.17, 15) is 19.5 Å². The van der Waals surface area contributed by atoms with Gasteiger partial charge in [-0.05, 0) is 38.5 Å². The van der Waals surface area contributed by atoms with Crippen molar-refractivity contribution in [3.05, 3.63) is 12.2 Å². The molecule has 2 atom stereocenters. The fraction of sp³-hybridized carbons (Fsp3) is 0.902. The smallest absolute Gasteiger partial charge is 0.306 e. The van der Waals surface area contributed by atoms with E-state index in [-0.39, 0.29) is 42.7 Å². The zero-order valence-electron chi connectivity index (χ0n) is 39.7. The average Bonchev–Trinajstić information content (AvgIpc) is 3.19. The van der Waals surface area contributed by atoms with Gasteiger partial charge in [-0.2, -0.15) is 0 Å². The summed E-state index contributed by atoms with van der Waals surface area (Å²) in [5.74, 6) is -1.72. The maximum Gasteiger partial charge on any atom is 0.306 e. The van der Waals surface area contributed by atoms with E-state index in [0.717, 1.165) is 38.5 Å². The molecule has 0 fully saturated rings. The van der Waals surface area contributed by atoms with E-state index in [0.29, 0.717) is 12.8 Å². The number of carbonyl (C=O) groups excluding carboxylic acids is 3. The van der Waals surface area contributed by atoms with Crippen molar-refractivity contribution in [1.82, 2.24) is 0 Å². The quantitative estimate of drug-likeness (QED) is 0.0260. The zero-order valence-corrected chi connectivity index (χ0v) is 39.7. The van der Waals surface area contributed by atoms with E-state index in [1.165, 1.54) is 173 Å². The number of hydrogen-bond donors (Lipinski definition) is 0. The minimum Gasteiger partial charge on any atom is -0.544 e. The summed E-state index contributed by atoms with van der Waals surface area (Å²) in [7, 11) is 5.42. The van der Waals surface area contributed by atoms with Gasteiger partial charge in [0, 0.05) is 19.3 Å². The molecule has 0 rings (SSSR count). The lowest BCUT2D eigenvalue weighted by Crippen LogP contribution is -2.55. The monoisotopic (exact) mass is 836 g/mol. The maximum absolute atomic E-state index is 12.8. The number of carboxylic acid groups (broad SMARTS) is 1. The number of hydrogen-bond acceptors (Lipinski definition) is 7. The first-order chi connectivity index (χ1) is 28.6. The van der Waals surface area contributed by atoms with Crippen molar-refractivity contribution in [2.24, 2.45) is 0 Å². The molecule has 59 heavy (non-hydrogen) atoms. The largest absolute Gasteiger partial charge is 0.544 e. The van der Waals surface area contributed by atoms with Crippen LogP contribution >= 0.6 is 0 Å². The number of aliphatic carboxylic acids is 1. The Balaban J connectivity index is 4.23. The molecule has 0 aliphatic carbocycles. The summed E-state index contributed by atoms with van der Waals surface area (Å²) in [5.41, 5.74) is 0. The standard InChI is InChI=1S/C51H97NO7/c1-6-8-10-12-14-16-18-20-22-23-24-25-26-28-30-32-34-36-38-40-42-50(54)59-47(45-57-44-43-48(51(55)56)52(3,4)5)46-58-49(53)41-39-37-35-33-31-29-27-21-19-17-15-13-11-9-7-2/h24-25,47-48H,6-23,26-46H2,1-5H3/b25-24+. The number of allylic oxidation sites excluding steroid dienone is 2. The second-order valence-electron chi connectivity index (χ2n) is 18.4. The number of rotatable bonds is 46. The second kappa shape index (κ2) is 42.7. The van der Waals surface area contributed by atoms with Crippen LogP contribution in [0.1, 0.15) is 245 Å². The Kier molecular flexibility index (Phi) is 41.3. The van der Waals surface area contributed by atoms with Crippen molar-refractivity contribution in [2.75, 3.05) is 41.0 Å². The van der Waals surface area contributed by atoms with Crippen LogP contribution in [0, 0.1) is 0 Å². The van der Waals surface area contributed by atoms with Gasteiger partial charge in [0.05, 0.1) is 40.3 Å². The summed E-state index contributed by atoms with van der Waals surface area (Å²) >= 11 is 0. The SMILES string of the molecule is CCCCCCCCCCC/C=C/CCCCCCCCCC(=O)OC(COCCC(C(=O)[O-])[N+](C)(C)C)COC(=O)CCCCCCCCCCCCCCCCC. The molecule has 0 aliphatic heterocycles. The van der Waals surface area contributed by atoms with Crippen molar-refractivity contribution in [1.29, 1.82) is 0 Å². The van der Waals surface area contributed by atoms with Gasteiger partial charge in [0.15, 0.2) is 6.10 Å². The summed E-state index contributed by atoms with van der Waals surface area (Å²) in [6.45, 7) is 4.70. The Morgan fingerprint density at radius 2 is 0.847 bits per heavy atom. The van der Waals surface area contributed by atoms with Gasteiger partial charge in [0.1, 0.15) is 12.6 Å². The lowest BCUT2D eigenvalue weighted by molar-refractivity contribution is -0.889. The molecule has 348 valence electrons. The molecule has 0 aromatic heterocycles. The molecule has 8 nitrogen and oxygen atoms in total. The molecular weight excluding hydrogens is 739 g/mol. The first kappa shape index (κ1) is 57.1. The van der Waals surface area contributed by atoms with E-state index >= 15 is 0 Å². The van der Waals surface area contributed by atoms with Crippen LogP contribution in [0.25, 0.3) is 0 Å². The van der Waals surface area contributed by atoms with Gasteiger partial charge >= 0.3 is 11.9 Å². The molecule has 0 bridgehead atoms. The second-order valence-corrected chi connectivity index (χ2v) is 18.4. The summed E-state index contributed by atoms with van der Waals surface area (Å²) in [4.78, 5) is 37.0. The zero-order chi connectivity index (χ0) is 43.5. The van der Waals surface area contributed by atoms with Crippen molar-refractivity contribution >= 4 is 17.9 Å². The van der Waals surface area contributed by atoms with Gasteiger partial charge in [-0.25, -0.2) is 0 Å². The molecule has 0 saturated carbocycles. The normalized spacial score (nSPS) is 12.9. The highest BCUT2D eigenvalue weighted by atomic mass is 16.6. The molecule has 0 saturated heterocycles. The third-order valence-corrected chi connectivity index (χ3v) is 11.7. The number of carboxylic acids is 1. The summed E-state index contributed by atoms with van der Waals surface area (Å²) in [6.07, 6.45) is 46.6. The summed E-state index contributed by atoms with van der Waals surface area (Å²) in [5, 5.41) is 11.6. The molecule has 0 aromatic carbocycles. The Labute approximate surface area is 365 Å². The van der Waals surface area contributed by atoms with Crippen LogP contribution in [0.4, 0.5) is 0 Å². The number of carbonyl (C=O) groups is 3. The highest BCUT2D eigenvalue weighted by Crippen LogP contribution is 2.16. The van der Waals surface area contributed by atoms with Gasteiger partial charge < -0.3 is 28.6 Å². The Morgan fingerprint density at radius 3 is 1.22 bits per heavy atom. The number of esters is 2. The summed E-state index contributed by atoms with van der Waals surface area (Å²) in [6, 6.07) is -0.722. The minimum absolute atomic E-state index is 0.0450. The van der Waals surface area contributed by atoms with Gasteiger partial charge in [-0.3, -0.25) is 9.59 Å². The molecule has 0 radical (unpaired) electrons. The predicted molar refractivity (Wildman–Crippen MR) is 245 cm³/mol. The van der Waals surface area contributed by atoms with Crippen LogP contribution in [-0.2, 0) is 28.6 Å². The van der Waals surface area contributed by atoms with Gasteiger partial charge in [-0.1, -0.05) is 199 Å². The molecule has 0 spiro atoms. The van der Waals surface area contributed by atoms with Crippen LogP contribution in [0.3, 0.4) is 0 Å². The van der Waals surface area contributed by atoms with Crippen molar-refractivity contribution in [3.8, 4) is 0 Å². The highest BCUT2D eigenvalue weighted by Gasteiger charge is 2.25. The van der Waals surface area contributed by atoms with Gasteiger partial charge in [0.2, 0.25) is 0 Å². The molecule has 0 aliphatic rings. The van der Waals surface area contributed by atoms with E-state index in [1.807, 2.05) is 21.1 Å². The molecule has 8 heteroatoms. The van der Waals surface area contributed by atoms with Crippen LogP contribution in [0.15, 0.2) is 12.2 Å². The van der Waals surface area contributed by atoms with Crippen LogP contribution < -0.4 is 5.11 Å². The van der Waals surface area contributed by atoms with E-state index < -0.39 is 18.1 Å². The van der Waals surface area contributed by atoms with Crippen LogP contribution in [-0.4, -0.2) is 75.5 Å². The molecule has 0 heterocycles. The molecular formula is C51H97NO7. The fourth-order valence-electron chi connectivity index (χ4n) is 7.71.